The van der Waals surface area contributed by atoms with Gasteiger partial charge in [0.05, 0.1) is 9.79 Å². The zero-order chi connectivity index (χ0) is 21.7. The predicted molar refractivity (Wildman–Crippen MR) is 110 cm³/mol. The first-order valence-electron chi connectivity index (χ1n) is 9.09. The van der Waals surface area contributed by atoms with Crippen LogP contribution in [0, 0.1) is 0 Å². The van der Waals surface area contributed by atoms with Gasteiger partial charge in [0, 0.05) is 25.2 Å². The zero-order valence-corrected chi connectivity index (χ0v) is 18.0. The Morgan fingerprint density at radius 1 is 0.966 bits per heavy atom. The van der Waals surface area contributed by atoms with E-state index in [2.05, 4.69) is 5.32 Å². The van der Waals surface area contributed by atoms with Crippen LogP contribution < -0.4 is 10.5 Å². The molecule has 2 aromatic rings. The Balaban J connectivity index is 2.03. The Labute approximate surface area is 171 Å². The zero-order valence-electron chi connectivity index (χ0n) is 16.3. The third kappa shape index (κ3) is 5.86. The van der Waals surface area contributed by atoms with Gasteiger partial charge in [-0.2, -0.15) is 4.31 Å². The number of carbonyl (C=O) groups is 1. The number of carbonyl (C=O) groups excluding carboxylic acids is 1. The second-order valence-corrected chi connectivity index (χ2v) is 9.81. The number of nitrogens with one attached hydrogen (secondary N) is 1. The van der Waals surface area contributed by atoms with Gasteiger partial charge in [0.25, 0.3) is 5.91 Å². The molecule has 0 aliphatic heterocycles. The van der Waals surface area contributed by atoms with Gasteiger partial charge >= 0.3 is 0 Å². The van der Waals surface area contributed by atoms with Gasteiger partial charge in [-0.3, -0.25) is 4.79 Å². The summed E-state index contributed by atoms with van der Waals surface area (Å²) in [4.78, 5) is 12.5. The molecule has 2 aromatic carbocycles. The summed E-state index contributed by atoms with van der Waals surface area (Å²) in [5.41, 5.74) is 1.08. The fourth-order valence-electron chi connectivity index (χ4n) is 2.78. The van der Waals surface area contributed by atoms with Crippen molar-refractivity contribution in [1.82, 2.24) is 9.62 Å². The Morgan fingerprint density at radius 2 is 1.59 bits per heavy atom. The molecule has 0 aromatic heterocycles. The highest BCUT2D eigenvalue weighted by molar-refractivity contribution is 7.89. The van der Waals surface area contributed by atoms with Gasteiger partial charge in [0.15, 0.2) is 0 Å². The number of hydrogen-bond donors (Lipinski definition) is 2. The number of rotatable bonds is 9. The van der Waals surface area contributed by atoms with E-state index in [1.165, 1.54) is 34.6 Å². The number of nitrogens with two attached hydrogens (primary N) is 1. The molecule has 0 unspecified atom stereocenters. The van der Waals surface area contributed by atoms with Crippen LogP contribution in [0.25, 0.3) is 0 Å². The molecule has 0 saturated heterocycles. The van der Waals surface area contributed by atoms with Crippen LogP contribution in [0.3, 0.4) is 0 Å². The van der Waals surface area contributed by atoms with Crippen LogP contribution in [0.5, 0.6) is 0 Å². The quantitative estimate of drug-likeness (QED) is 0.610. The molecular weight excluding hydrogens is 414 g/mol. The van der Waals surface area contributed by atoms with Gasteiger partial charge in [-0.25, -0.2) is 22.0 Å². The smallest absolute Gasteiger partial charge is 0.251 e. The molecule has 0 heterocycles. The Hall–Kier alpha value is -2.27. The third-order valence-electron chi connectivity index (χ3n) is 4.39. The second-order valence-electron chi connectivity index (χ2n) is 6.31. The van der Waals surface area contributed by atoms with E-state index < -0.39 is 20.0 Å². The summed E-state index contributed by atoms with van der Waals surface area (Å²) in [6, 6.07) is 12.0. The number of amides is 1. The van der Waals surface area contributed by atoms with Crippen molar-refractivity contribution in [2.75, 3.05) is 19.6 Å². The minimum atomic E-state index is -3.74. The predicted octanol–water partition coefficient (Wildman–Crippen LogP) is 1.34. The van der Waals surface area contributed by atoms with Crippen LogP contribution in [0.2, 0.25) is 0 Å². The van der Waals surface area contributed by atoms with Crippen molar-refractivity contribution < 1.29 is 21.6 Å². The normalized spacial score (nSPS) is 12.1. The average molecular weight is 440 g/mol. The monoisotopic (exact) mass is 439 g/mol. The molecule has 3 N–H and O–H groups in total. The second kappa shape index (κ2) is 9.49. The van der Waals surface area contributed by atoms with Crippen molar-refractivity contribution in [2.45, 2.75) is 30.1 Å². The molecule has 0 saturated carbocycles. The Kier molecular flexibility index (Phi) is 7.53. The van der Waals surface area contributed by atoms with Crippen molar-refractivity contribution in [1.29, 1.82) is 0 Å². The van der Waals surface area contributed by atoms with Crippen LogP contribution in [0.15, 0.2) is 58.3 Å². The molecule has 2 rings (SSSR count). The lowest BCUT2D eigenvalue weighted by atomic mass is 10.1. The van der Waals surface area contributed by atoms with Crippen LogP contribution in [-0.4, -0.2) is 46.7 Å². The van der Waals surface area contributed by atoms with Gasteiger partial charge in [-0.15, -0.1) is 0 Å². The molecule has 0 spiro atoms. The van der Waals surface area contributed by atoms with E-state index >= 15 is 0 Å². The molecular formula is C19H25N3O5S2. The molecule has 1 amide bonds. The maximum Gasteiger partial charge on any atom is 0.251 e. The fraction of sp³-hybridized carbons (Fsp3) is 0.316. The summed E-state index contributed by atoms with van der Waals surface area (Å²) >= 11 is 0. The lowest BCUT2D eigenvalue weighted by Gasteiger charge is -2.18. The molecule has 0 atom stereocenters. The van der Waals surface area contributed by atoms with Crippen molar-refractivity contribution >= 4 is 26.0 Å². The molecule has 0 radical (unpaired) electrons. The summed E-state index contributed by atoms with van der Waals surface area (Å²) in [7, 11) is -7.38. The van der Waals surface area contributed by atoms with E-state index in [-0.39, 0.29) is 21.3 Å². The molecule has 0 bridgehead atoms. The van der Waals surface area contributed by atoms with Crippen LogP contribution in [0.4, 0.5) is 0 Å². The van der Waals surface area contributed by atoms with E-state index in [1.807, 2.05) is 0 Å². The Morgan fingerprint density at radius 3 is 2.14 bits per heavy atom. The topological polar surface area (TPSA) is 127 Å². The standard InChI is InChI=1S/C19H25N3O5S2/c1-3-22(4-2)29(26,27)18-7-5-6-16(14-18)19(23)21-13-12-15-8-10-17(11-9-15)28(20,24)25/h5-11,14H,3-4,12-13H2,1-2H3,(H,21,23)(H2,20,24,25). The van der Waals surface area contributed by atoms with Crippen LogP contribution >= 0.6 is 0 Å². The van der Waals surface area contributed by atoms with Gasteiger partial charge in [-0.05, 0) is 42.3 Å². The van der Waals surface area contributed by atoms with E-state index in [1.54, 1.807) is 32.0 Å². The summed E-state index contributed by atoms with van der Waals surface area (Å²) in [5, 5.41) is 7.80. The minimum Gasteiger partial charge on any atom is -0.352 e. The number of benzene rings is 2. The highest BCUT2D eigenvalue weighted by Gasteiger charge is 2.22. The van der Waals surface area contributed by atoms with Crippen LogP contribution in [-0.2, 0) is 26.5 Å². The maximum atomic E-state index is 12.6. The van der Waals surface area contributed by atoms with Gasteiger partial charge in [-0.1, -0.05) is 32.0 Å². The molecule has 29 heavy (non-hydrogen) atoms. The Bertz CT molecular complexity index is 1060. The summed E-state index contributed by atoms with van der Waals surface area (Å²) in [6.45, 7) is 4.51. The SMILES string of the molecule is CCN(CC)S(=O)(=O)c1cccc(C(=O)NCCc2ccc(S(N)(=O)=O)cc2)c1. The number of nitrogens with zero attached hydrogens (tertiary/aromatic N) is 1. The summed E-state index contributed by atoms with van der Waals surface area (Å²) in [5.74, 6) is -0.386. The summed E-state index contributed by atoms with van der Waals surface area (Å²) < 4.78 is 49.1. The molecule has 8 nitrogen and oxygen atoms in total. The first kappa shape index (κ1) is 23.0. The molecule has 0 fully saturated rings. The van der Waals surface area contributed by atoms with E-state index in [0.29, 0.717) is 26.1 Å². The largest absolute Gasteiger partial charge is 0.352 e. The molecule has 0 aliphatic rings. The third-order valence-corrected chi connectivity index (χ3v) is 7.37. The molecule has 0 aliphatic carbocycles. The molecule has 10 heteroatoms. The van der Waals surface area contributed by atoms with E-state index in [0.717, 1.165) is 5.56 Å². The lowest BCUT2D eigenvalue weighted by Crippen LogP contribution is -2.31. The van der Waals surface area contributed by atoms with Crippen molar-refractivity contribution in [3.05, 3.63) is 59.7 Å². The van der Waals surface area contributed by atoms with Crippen molar-refractivity contribution in [2.24, 2.45) is 5.14 Å². The number of sulfonamides is 2. The van der Waals surface area contributed by atoms with Gasteiger partial charge in [0.2, 0.25) is 20.0 Å². The van der Waals surface area contributed by atoms with Crippen LogP contribution in [0.1, 0.15) is 29.8 Å². The minimum absolute atomic E-state index is 0.0245. The highest BCUT2D eigenvalue weighted by Crippen LogP contribution is 2.17. The van der Waals surface area contributed by atoms with Gasteiger partial charge in [0.1, 0.15) is 0 Å². The lowest BCUT2D eigenvalue weighted by molar-refractivity contribution is 0.0954. The number of hydrogen-bond acceptors (Lipinski definition) is 5. The first-order chi connectivity index (χ1) is 13.6. The maximum absolute atomic E-state index is 12.6. The van der Waals surface area contributed by atoms with Crippen molar-refractivity contribution in [3.8, 4) is 0 Å². The summed E-state index contributed by atoms with van der Waals surface area (Å²) in [6.07, 6.45) is 0.480. The van der Waals surface area contributed by atoms with Gasteiger partial charge < -0.3 is 5.32 Å². The fourth-order valence-corrected chi connectivity index (χ4v) is 4.80. The highest BCUT2D eigenvalue weighted by atomic mass is 32.2. The van der Waals surface area contributed by atoms with E-state index in [4.69, 9.17) is 5.14 Å². The first-order valence-corrected chi connectivity index (χ1v) is 12.1. The van der Waals surface area contributed by atoms with E-state index in [9.17, 15) is 21.6 Å². The van der Waals surface area contributed by atoms with Crippen molar-refractivity contribution in [3.63, 3.8) is 0 Å². The average Bonchev–Trinajstić information content (AvgIpc) is 2.68. The molecule has 158 valence electrons. The number of primary sulfonamides is 1.